The first-order chi connectivity index (χ1) is 8.68. The Morgan fingerprint density at radius 3 is 2.61 bits per heavy atom. The largest absolute Gasteiger partial charge is 0.368 e. The van der Waals surface area contributed by atoms with Gasteiger partial charge in [-0.25, -0.2) is 0 Å². The first kappa shape index (κ1) is 12.8. The Balaban J connectivity index is 2.09. The summed E-state index contributed by atoms with van der Waals surface area (Å²) < 4.78 is 0. The monoisotopic (exact) mass is 260 g/mol. The first-order valence-corrected chi connectivity index (χ1v) is 6.67. The van der Waals surface area contributed by atoms with Crippen molar-refractivity contribution in [3.05, 3.63) is 57.8 Å². The van der Waals surface area contributed by atoms with Crippen LogP contribution in [0.3, 0.4) is 0 Å². The van der Waals surface area contributed by atoms with E-state index >= 15 is 0 Å². The number of thiophene rings is 1. The van der Waals surface area contributed by atoms with E-state index in [2.05, 4.69) is 18.3 Å². The molecule has 1 atom stereocenters. The molecule has 0 aliphatic rings. The summed E-state index contributed by atoms with van der Waals surface area (Å²) >= 11 is 1.68. The zero-order chi connectivity index (χ0) is 13.0. The average molecular weight is 260 g/mol. The van der Waals surface area contributed by atoms with Gasteiger partial charge in [0.05, 0.1) is 0 Å². The standard InChI is InChI=1S/C14H16N2OS/c1-10-7-8-18-12(10)9-16-13(14(15)17)11-5-3-2-4-6-11/h2-8,13,16H,9H2,1H3,(H2,15,17)/t13-/m0/s1. The van der Waals surface area contributed by atoms with Crippen molar-refractivity contribution in [3.63, 3.8) is 0 Å². The summed E-state index contributed by atoms with van der Waals surface area (Å²) in [7, 11) is 0. The first-order valence-electron chi connectivity index (χ1n) is 5.79. The summed E-state index contributed by atoms with van der Waals surface area (Å²) in [6.07, 6.45) is 0. The number of amides is 1. The summed E-state index contributed by atoms with van der Waals surface area (Å²) in [5.41, 5.74) is 7.59. The smallest absolute Gasteiger partial charge is 0.239 e. The summed E-state index contributed by atoms with van der Waals surface area (Å²) in [6, 6.07) is 11.2. The van der Waals surface area contributed by atoms with Crippen molar-refractivity contribution in [1.82, 2.24) is 5.32 Å². The molecule has 0 spiro atoms. The molecule has 0 fully saturated rings. The minimum absolute atomic E-state index is 0.351. The molecule has 0 saturated carbocycles. The van der Waals surface area contributed by atoms with E-state index in [0.717, 1.165) is 5.56 Å². The Morgan fingerprint density at radius 1 is 1.33 bits per heavy atom. The van der Waals surface area contributed by atoms with Crippen LogP contribution in [0.15, 0.2) is 41.8 Å². The fourth-order valence-corrected chi connectivity index (χ4v) is 2.67. The Kier molecular flexibility index (Phi) is 4.12. The number of hydrogen-bond acceptors (Lipinski definition) is 3. The maximum atomic E-state index is 11.5. The van der Waals surface area contributed by atoms with E-state index in [9.17, 15) is 4.79 Å². The van der Waals surface area contributed by atoms with Crippen molar-refractivity contribution in [1.29, 1.82) is 0 Å². The lowest BCUT2D eigenvalue weighted by Gasteiger charge is -2.15. The number of nitrogens with one attached hydrogen (secondary N) is 1. The summed E-state index contributed by atoms with van der Waals surface area (Å²) in [6.45, 7) is 2.72. The average Bonchev–Trinajstić information content (AvgIpc) is 2.76. The van der Waals surface area contributed by atoms with E-state index in [4.69, 9.17) is 5.73 Å². The Bertz CT molecular complexity index is 522. The minimum atomic E-state index is -0.437. The molecule has 1 amide bonds. The molecule has 0 bridgehead atoms. The zero-order valence-electron chi connectivity index (χ0n) is 10.2. The van der Waals surface area contributed by atoms with Gasteiger partial charge in [0.2, 0.25) is 5.91 Å². The molecule has 94 valence electrons. The number of benzene rings is 1. The number of hydrogen-bond donors (Lipinski definition) is 2. The van der Waals surface area contributed by atoms with Crippen LogP contribution in [-0.2, 0) is 11.3 Å². The van der Waals surface area contributed by atoms with Crippen LogP contribution in [0.2, 0.25) is 0 Å². The van der Waals surface area contributed by atoms with Gasteiger partial charge in [0.1, 0.15) is 6.04 Å². The lowest BCUT2D eigenvalue weighted by atomic mass is 10.1. The third kappa shape index (κ3) is 2.97. The quantitative estimate of drug-likeness (QED) is 0.867. The second-order valence-corrected chi connectivity index (χ2v) is 5.15. The second-order valence-electron chi connectivity index (χ2n) is 4.15. The van der Waals surface area contributed by atoms with Crippen molar-refractivity contribution in [3.8, 4) is 0 Å². The molecule has 18 heavy (non-hydrogen) atoms. The third-order valence-corrected chi connectivity index (χ3v) is 3.88. The molecule has 0 aliphatic carbocycles. The molecular formula is C14H16N2OS. The van der Waals surface area contributed by atoms with E-state index in [1.807, 2.05) is 35.7 Å². The number of carbonyl (C=O) groups is 1. The maximum absolute atomic E-state index is 11.5. The van der Waals surface area contributed by atoms with Gasteiger partial charge in [-0.1, -0.05) is 30.3 Å². The molecule has 0 unspecified atom stereocenters. The van der Waals surface area contributed by atoms with Crippen molar-refractivity contribution >= 4 is 17.2 Å². The normalized spacial score (nSPS) is 12.3. The summed E-state index contributed by atoms with van der Waals surface area (Å²) in [5, 5.41) is 5.26. The summed E-state index contributed by atoms with van der Waals surface area (Å²) in [4.78, 5) is 12.7. The fourth-order valence-electron chi connectivity index (χ4n) is 1.81. The molecule has 0 radical (unpaired) electrons. The highest BCUT2D eigenvalue weighted by atomic mass is 32.1. The van der Waals surface area contributed by atoms with Gasteiger partial charge in [0.15, 0.2) is 0 Å². The van der Waals surface area contributed by atoms with Crippen LogP contribution in [0.4, 0.5) is 0 Å². The van der Waals surface area contributed by atoms with Gasteiger partial charge in [-0.3, -0.25) is 10.1 Å². The van der Waals surface area contributed by atoms with E-state index in [-0.39, 0.29) is 5.91 Å². The molecule has 3 N–H and O–H groups in total. The van der Waals surface area contributed by atoms with Crippen molar-refractivity contribution in [2.75, 3.05) is 0 Å². The van der Waals surface area contributed by atoms with Crippen LogP contribution in [0.1, 0.15) is 22.0 Å². The summed E-state index contributed by atoms with van der Waals surface area (Å²) in [5.74, 6) is -0.351. The lowest BCUT2D eigenvalue weighted by molar-refractivity contribution is -0.120. The second kappa shape index (κ2) is 5.80. The molecule has 4 heteroatoms. The number of primary amides is 1. The molecular weight excluding hydrogens is 244 g/mol. The van der Waals surface area contributed by atoms with Crippen LogP contribution >= 0.6 is 11.3 Å². The molecule has 1 aromatic heterocycles. The Hall–Kier alpha value is -1.65. The number of aryl methyl sites for hydroxylation is 1. The predicted octanol–water partition coefficient (Wildman–Crippen LogP) is 2.37. The van der Waals surface area contributed by atoms with Crippen molar-refractivity contribution in [2.45, 2.75) is 19.5 Å². The number of nitrogens with two attached hydrogens (primary N) is 1. The SMILES string of the molecule is Cc1ccsc1CN[C@H](C(N)=O)c1ccccc1. The third-order valence-electron chi connectivity index (χ3n) is 2.85. The maximum Gasteiger partial charge on any atom is 0.239 e. The highest BCUT2D eigenvalue weighted by Gasteiger charge is 2.17. The molecule has 3 nitrogen and oxygen atoms in total. The zero-order valence-corrected chi connectivity index (χ0v) is 11.0. The van der Waals surface area contributed by atoms with Crippen molar-refractivity contribution in [2.24, 2.45) is 5.73 Å². The molecule has 2 rings (SSSR count). The predicted molar refractivity (Wildman–Crippen MR) is 74.3 cm³/mol. The van der Waals surface area contributed by atoms with Gasteiger partial charge < -0.3 is 5.73 Å². The fraction of sp³-hybridized carbons (Fsp3) is 0.214. The van der Waals surface area contributed by atoms with E-state index < -0.39 is 6.04 Å². The Morgan fingerprint density at radius 2 is 2.06 bits per heavy atom. The topological polar surface area (TPSA) is 55.1 Å². The Labute approximate surface area is 111 Å². The van der Waals surface area contributed by atoms with Crippen LogP contribution < -0.4 is 11.1 Å². The van der Waals surface area contributed by atoms with Crippen LogP contribution in [0, 0.1) is 6.92 Å². The molecule has 1 aromatic carbocycles. The molecule has 1 heterocycles. The van der Waals surface area contributed by atoms with Gasteiger partial charge in [0.25, 0.3) is 0 Å². The molecule has 2 aromatic rings. The minimum Gasteiger partial charge on any atom is -0.368 e. The van der Waals surface area contributed by atoms with Crippen LogP contribution in [0.5, 0.6) is 0 Å². The number of carbonyl (C=O) groups excluding carboxylic acids is 1. The van der Waals surface area contributed by atoms with Crippen molar-refractivity contribution < 1.29 is 4.79 Å². The highest BCUT2D eigenvalue weighted by Crippen LogP contribution is 2.18. The van der Waals surface area contributed by atoms with Gasteiger partial charge in [-0.2, -0.15) is 0 Å². The van der Waals surface area contributed by atoms with Crippen LogP contribution in [-0.4, -0.2) is 5.91 Å². The molecule has 0 aliphatic heterocycles. The van der Waals surface area contributed by atoms with Gasteiger partial charge in [-0.05, 0) is 29.5 Å². The van der Waals surface area contributed by atoms with Crippen LogP contribution in [0.25, 0.3) is 0 Å². The molecule has 0 saturated heterocycles. The van der Waals surface area contributed by atoms with E-state index in [1.54, 1.807) is 11.3 Å². The van der Waals surface area contributed by atoms with Gasteiger partial charge in [0, 0.05) is 11.4 Å². The lowest BCUT2D eigenvalue weighted by Crippen LogP contribution is -2.33. The van der Waals surface area contributed by atoms with E-state index in [0.29, 0.717) is 6.54 Å². The highest BCUT2D eigenvalue weighted by molar-refractivity contribution is 7.10. The van der Waals surface area contributed by atoms with E-state index in [1.165, 1.54) is 10.4 Å². The van der Waals surface area contributed by atoms with Gasteiger partial charge in [-0.15, -0.1) is 11.3 Å². The van der Waals surface area contributed by atoms with Gasteiger partial charge >= 0.3 is 0 Å². The number of rotatable bonds is 5.